The zero-order chi connectivity index (χ0) is 24.4. The van der Waals surface area contributed by atoms with Crippen molar-refractivity contribution >= 4 is 29.3 Å². The summed E-state index contributed by atoms with van der Waals surface area (Å²) < 4.78 is 6.07. The summed E-state index contributed by atoms with van der Waals surface area (Å²) in [7, 11) is 0. The van der Waals surface area contributed by atoms with Crippen molar-refractivity contribution in [2.24, 2.45) is 0 Å². The summed E-state index contributed by atoms with van der Waals surface area (Å²) in [4.78, 5) is 33.1. The number of benzene rings is 3. The van der Waals surface area contributed by atoms with Crippen LogP contribution in [-0.4, -0.2) is 37.8 Å². The van der Waals surface area contributed by atoms with Crippen LogP contribution in [0.1, 0.15) is 21.5 Å². The van der Waals surface area contributed by atoms with Crippen LogP contribution in [0.4, 0.5) is 5.69 Å². The molecule has 1 aliphatic heterocycles. The molecule has 1 amide bonds. The van der Waals surface area contributed by atoms with Gasteiger partial charge in [0, 0.05) is 17.7 Å². The predicted molar refractivity (Wildman–Crippen MR) is 131 cm³/mol. The SMILES string of the molecule is O=C(CSc1nc(-c2ccc(O)cc2)nc2c1Cc1ccccc1O2)Nc1cccc(C(=O)O)c1. The fourth-order valence-electron chi connectivity index (χ4n) is 3.64. The lowest BCUT2D eigenvalue weighted by Crippen LogP contribution is -2.15. The topological polar surface area (TPSA) is 122 Å². The Morgan fingerprint density at radius 1 is 1.00 bits per heavy atom. The zero-order valence-corrected chi connectivity index (χ0v) is 19.1. The van der Waals surface area contributed by atoms with E-state index < -0.39 is 5.97 Å². The van der Waals surface area contributed by atoms with Crippen molar-refractivity contribution in [3.63, 3.8) is 0 Å². The number of carbonyl (C=O) groups is 2. The number of ether oxygens (including phenoxy) is 1. The molecular formula is C26H19N3O5S. The number of carbonyl (C=O) groups excluding carboxylic acids is 1. The summed E-state index contributed by atoms with van der Waals surface area (Å²) in [5.41, 5.74) is 2.98. The van der Waals surface area contributed by atoms with Crippen LogP contribution >= 0.6 is 11.8 Å². The van der Waals surface area contributed by atoms with Gasteiger partial charge < -0.3 is 20.3 Å². The lowest BCUT2D eigenvalue weighted by molar-refractivity contribution is -0.113. The molecule has 0 radical (unpaired) electrons. The monoisotopic (exact) mass is 485 g/mol. The van der Waals surface area contributed by atoms with Crippen LogP contribution in [0.15, 0.2) is 77.8 Å². The third kappa shape index (κ3) is 4.95. The number of hydrogen-bond acceptors (Lipinski definition) is 7. The summed E-state index contributed by atoms with van der Waals surface area (Å²) in [5.74, 6) is 0.395. The Balaban J connectivity index is 1.42. The van der Waals surface area contributed by atoms with Crippen LogP contribution in [0, 0.1) is 0 Å². The molecule has 174 valence electrons. The van der Waals surface area contributed by atoms with Gasteiger partial charge in [0.05, 0.1) is 16.9 Å². The van der Waals surface area contributed by atoms with E-state index >= 15 is 0 Å². The van der Waals surface area contributed by atoms with Gasteiger partial charge in [-0.15, -0.1) is 0 Å². The number of rotatable bonds is 6. The number of aromatic nitrogens is 2. The second-order valence-corrected chi connectivity index (χ2v) is 8.76. The van der Waals surface area contributed by atoms with E-state index in [-0.39, 0.29) is 23.0 Å². The maximum atomic E-state index is 12.6. The third-order valence-corrected chi connectivity index (χ3v) is 6.35. The van der Waals surface area contributed by atoms with Gasteiger partial charge in [-0.2, -0.15) is 4.98 Å². The molecule has 0 atom stereocenters. The smallest absolute Gasteiger partial charge is 0.335 e. The van der Waals surface area contributed by atoms with Crippen molar-refractivity contribution in [2.75, 3.05) is 11.1 Å². The van der Waals surface area contributed by atoms with Crippen LogP contribution in [-0.2, 0) is 11.2 Å². The Morgan fingerprint density at radius 2 is 1.80 bits per heavy atom. The maximum Gasteiger partial charge on any atom is 0.335 e. The number of anilines is 1. The van der Waals surface area contributed by atoms with Crippen LogP contribution < -0.4 is 10.1 Å². The Hall–Kier alpha value is -4.37. The molecule has 35 heavy (non-hydrogen) atoms. The molecule has 1 aromatic heterocycles. The molecular weight excluding hydrogens is 466 g/mol. The molecule has 0 unspecified atom stereocenters. The van der Waals surface area contributed by atoms with Crippen molar-refractivity contribution in [1.29, 1.82) is 0 Å². The highest BCUT2D eigenvalue weighted by Crippen LogP contribution is 2.40. The summed E-state index contributed by atoms with van der Waals surface area (Å²) in [6.45, 7) is 0. The van der Waals surface area contributed by atoms with Gasteiger partial charge in [0.2, 0.25) is 11.8 Å². The number of carboxylic acids is 1. The lowest BCUT2D eigenvalue weighted by atomic mass is 10.0. The average Bonchev–Trinajstić information content (AvgIpc) is 2.86. The number of carboxylic acid groups (broad SMARTS) is 1. The number of para-hydroxylation sites is 1. The van der Waals surface area contributed by atoms with E-state index in [1.807, 2.05) is 24.3 Å². The quantitative estimate of drug-likeness (QED) is 0.228. The number of aromatic carboxylic acids is 1. The number of phenols is 1. The lowest BCUT2D eigenvalue weighted by Gasteiger charge is -2.21. The maximum absolute atomic E-state index is 12.6. The Kier molecular flexibility index (Phi) is 6.07. The molecule has 0 saturated carbocycles. The standard InChI is InChI=1S/C26H19N3O5S/c30-19-10-8-15(9-11-19)23-28-24-20(13-16-4-1-2-7-21(16)34-24)25(29-23)35-14-22(31)27-18-6-3-5-17(12-18)26(32)33/h1-12,30H,13-14H2,(H,27,31)(H,32,33). The number of hydrogen-bond donors (Lipinski definition) is 3. The van der Waals surface area contributed by atoms with E-state index in [1.165, 1.54) is 23.9 Å². The van der Waals surface area contributed by atoms with Crippen molar-refractivity contribution in [3.05, 3.63) is 89.5 Å². The third-order valence-electron chi connectivity index (χ3n) is 5.34. The van der Waals surface area contributed by atoms with Crippen molar-refractivity contribution in [1.82, 2.24) is 9.97 Å². The number of nitrogens with one attached hydrogen (secondary N) is 1. The molecule has 8 nitrogen and oxygen atoms in total. The normalized spacial score (nSPS) is 11.7. The first-order valence-corrected chi connectivity index (χ1v) is 11.7. The number of phenolic OH excluding ortho intramolecular Hbond substituents is 1. The molecule has 9 heteroatoms. The molecule has 0 fully saturated rings. The molecule has 5 rings (SSSR count). The Labute approximate surface area is 204 Å². The molecule has 3 aromatic carbocycles. The summed E-state index contributed by atoms with van der Waals surface area (Å²) >= 11 is 1.25. The Morgan fingerprint density at radius 3 is 2.60 bits per heavy atom. The fourth-order valence-corrected chi connectivity index (χ4v) is 4.47. The van der Waals surface area contributed by atoms with E-state index in [4.69, 9.17) is 14.8 Å². The minimum atomic E-state index is -1.06. The predicted octanol–water partition coefficient (Wildman–Crippen LogP) is 4.97. The first-order chi connectivity index (χ1) is 17.0. The van der Waals surface area contributed by atoms with Crippen LogP contribution in [0.3, 0.4) is 0 Å². The molecule has 2 heterocycles. The second kappa shape index (κ2) is 9.47. The van der Waals surface area contributed by atoms with E-state index in [1.54, 1.807) is 36.4 Å². The first kappa shape index (κ1) is 22.4. The minimum absolute atomic E-state index is 0.0530. The van der Waals surface area contributed by atoms with E-state index in [9.17, 15) is 14.7 Å². The number of nitrogens with zero attached hydrogens (tertiary/aromatic N) is 2. The van der Waals surface area contributed by atoms with Gasteiger partial charge in [-0.1, -0.05) is 36.0 Å². The van der Waals surface area contributed by atoms with E-state index in [0.717, 1.165) is 16.9 Å². The van der Waals surface area contributed by atoms with Crippen LogP contribution in [0.5, 0.6) is 17.4 Å². The summed E-state index contributed by atoms with van der Waals surface area (Å²) in [5, 5.41) is 22.1. The highest BCUT2D eigenvalue weighted by atomic mass is 32.2. The Bertz CT molecular complexity index is 1440. The summed E-state index contributed by atoms with van der Waals surface area (Å²) in [6, 6.07) is 20.3. The van der Waals surface area contributed by atoms with Crippen LogP contribution in [0.2, 0.25) is 0 Å². The largest absolute Gasteiger partial charge is 0.508 e. The van der Waals surface area contributed by atoms with Crippen molar-refractivity contribution < 1.29 is 24.5 Å². The van der Waals surface area contributed by atoms with Gasteiger partial charge in [0.25, 0.3) is 0 Å². The number of amides is 1. The van der Waals surface area contributed by atoms with Gasteiger partial charge >= 0.3 is 5.97 Å². The summed E-state index contributed by atoms with van der Waals surface area (Å²) in [6.07, 6.45) is 0.561. The van der Waals surface area contributed by atoms with Crippen LogP contribution in [0.25, 0.3) is 11.4 Å². The first-order valence-electron chi connectivity index (χ1n) is 10.7. The van der Waals surface area contributed by atoms with Gasteiger partial charge in [0.1, 0.15) is 16.5 Å². The highest BCUT2D eigenvalue weighted by Gasteiger charge is 2.24. The number of thioether (sulfide) groups is 1. The van der Waals surface area contributed by atoms with E-state index in [2.05, 4.69) is 10.3 Å². The van der Waals surface area contributed by atoms with Gasteiger partial charge in [-0.05, 0) is 54.1 Å². The molecule has 0 saturated heterocycles. The molecule has 1 aliphatic rings. The van der Waals surface area contributed by atoms with Gasteiger partial charge in [0.15, 0.2) is 5.82 Å². The molecule has 0 bridgehead atoms. The minimum Gasteiger partial charge on any atom is -0.508 e. The molecule has 3 N–H and O–H groups in total. The average molecular weight is 486 g/mol. The highest BCUT2D eigenvalue weighted by molar-refractivity contribution is 8.00. The molecule has 4 aromatic rings. The second-order valence-electron chi connectivity index (χ2n) is 7.79. The number of aromatic hydroxyl groups is 1. The molecule has 0 aliphatic carbocycles. The zero-order valence-electron chi connectivity index (χ0n) is 18.3. The molecule has 0 spiro atoms. The van der Waals surface area contributed by atoms with Gasteiger partial charge in [-0.25, -0.2) is 9.78 Å². The van der Waals surface area contributed by atoms with E-state index in [0.29, 0.717) is 34.4 Å². The van der Waals surface area contributed by atoms with Gasteiger partial charge in [-0.3, -0.25) is 4.79 Å². The fraction of sp³-hybridized carbons (Fsp3) is 0.0769. The van der Waals surface area contributed by atoms with Crippen molar-refractivity contribution in [3.8, 4) is 28.8 Å². The number of fused-ring (bicyclic) bond motifs is 2. The van der Waals surface area contributed by atoms with Crippen molar-refractivity contribution in [2.45, 2.75) is 11.4 Å².